The number of carbonyl (C=O) groups excluding carboxylic acids is 3. The first-order chi connectivity index (χ1) is 15.5. The van der Waals surface area contributed by atoms with E-state index < -0.39 is 60.2 Å². The maximum Gasteiger partial charge on any atom is 0.326 e. The first-order valence-corrected chi connectivity index (χ1v) is 11.5. The van der Waals surface area contributed by atoms with Crippen molar-refractivity contribution in [3.05, 3.63) is 0 Å². The fourth-order valence-corrected chi connectivity index (χ4v) is 3.03. The second-order valence-electron chi connectivity index (χ2n) is 7.84. The van der Waals surface area contributed by atoms with Gasteiger partial charge in [-0.15, -0.1) is 0 Å². The zero-order chi connectivity index (χ0) is 25.6. The van der Waals surface area contributed by atoms with Crippen LogP contribution in [0.25, 0.3) is 0 Å². The van der Waals surface area contributed by atoms with Crippen molar-refractivity contribution in [3.63, 3.8) is 0 Å². The van der Waals surface area contributed by atoms with Crippen molar-refractivity contribution in [2.45, 2.75) is 76.5 Å². The Morgan fingerprint density at radius 3 is 2.00 bits per heavy atom. The van der Waals surface area contributed by atoms with Crippen LogP contribution < -0.4 is 27.4 Å². The van der Waals surface area contributed by atoms with Crippen molar-refractivity contribution in [1.82, 2.24) is 16.0 Å². The standard InChI is InChI=1S/C20H37N5O7S/c1-3-11(2)16(25-17(28)12(22)10-33)19(30)23-13(7-8-15(26)27)18(29)24-14(20(31)32)6-4-5-9-21/h11-14,16,33H,3-10,21-22H2,1-2H3,(H,23,30)(H,24,29)(H,25,28)(H,26,27)(H,31,32). The van der Waals surface area contributed by atoms with E-state index >= 15 is 0 Å². The van der Waals surface area contributed by atoms with Crippen LogP contribution >= 0.6 is 12.6 Å². The Kier molecular flexibility index (Phi) is 15.1. The highest BCUT2D eigenvalue weighted by atomic mass is 32.1. The molecule has 13 heteroatoms. The topological polar surface area (TPSA) is 214 Å². The van der Waals surface area contributed by atoms with Crippen molar-refractivity contribution < 1.29 is 34.2 Å². The SMILES string of the molecule is CCC(C)C(NC(=O)C(N)CS)C(=O)NC(CCC(=O)O)C(=O)NC(CCCCN)C(=O)O. The minimum atomic E-state index is -1.31. The normalized spacial score (nSPS) is 15.4. The van der Waals surface area contributed by atoms with Crippen LogP contribution in [-0.2, 0) is 24.0 Å². The zero-order valence-corrected chi connectivity index (χ0v) is 20.0. The molecule has 0 aliphatic carbocycles. The van der Waals surface area contributed by atoms with Crippen LogP contribution in [0.2, 0.25) is 0 Å². The van der Waals surface area contributed by atoms with E-state index in [0.717, 1.165) is 0 Å². The summed E-state index contributed by atoms with van der Waals surface area (Å²) in [5, 5.41) is 25.7. The van der Waals surface area contributed by atoms with Crippen LogP contribution in [-0.4, -0.2) is 76.3 Å². The van der Waals surface area contributed by atoms with E-state index in [1.165, 1.54) is 0 Å². The van der Waals surface area contributed by atoms with Crippen molar-refractivity contribution in [2.75, 3.05) is 12.3 Å². The lowest BCUT2D eigenvalue weighted by Crippen LogP contribution is -2.58. The Hall–Kier alpha value is -2.38. The molecule has 0 rings (SSSR count). The van der Waals surface area contributed by atoms with Gasteiger partial charge in [0.2, 0.25) is 17.7 Å². The average molecular weight is 492 g/mol. The minimum absolute atomic E-state index is 0.0606. The highest BCUT2D eigenvalue weighted by Crippen LogP contribution is 2.10. The number of hydrogen-bond donors (Lipinski definition) is 8. The molecule has 0 aromatic heterocycles. The molecule has 5 atom stereocenters. The molecule has 3 amide bonds. The number of carboxylic acids is 2. The largest absolute Gasteiger partial charge is 0.481 e. The van der Waals surface area contributed by atoms with Gasteiger partial charge in [0.1, 0.15) is 18.1 Å². The molecule has 0 spiro atoms. The number of rotatable bonds is 17. The summed E-state index contributed by atoms with van der Waals surface area (Å²) in [4.78, 5) is 60.4. The van der Waals surface area contributed by atoms with Gasteiger partial charge in [-0.05, 0) is 38.1 Å². The molecule has 0 radical (unpaired) electrons. The minimum Gasteiger partial charge on any atom is -0.481 e. The number of amides is 3. The van der Waals surface area contributed by atoms with Crippen LogP contribution in [0.15, 0.2) is 0 Å². The number of unbranched alkanes of at least 4 members (excludes halogenated alkanes) is 1. The van der Waals surface area contributed by atoms with Crippen LogP contribution in [0.4, 0.5) is 0 Å². The van der Waals surface area contributed by atoms with Crippen molar-refractivity contribution in [3.8, 4) is 0 Å². The molecule has 0 fully saturated rings. The van der Waals surface area contributed by atoms with E-state index in [-0.39, 0.29) is 24.5 Å². The third-order valence-corrected chi connectivity index (χ3v) is 5.56. The predicted octanol–water partition coefficient (Wildman–Crippen LogP) is -1.18. The first kappa shape index (κ1) is 30.6. The molecule has 12 nitrogen and oxygen atoms in total. The molecule has 5 unspecified atom stereocenters. The van der Waals surface area contributed by atoms with Gasteiger partial charge in [-0.1, -0.05) is 20.3 Å². The molecule has 0 aliphatic heterocycles. The summed E-state index contributed by atoms with van der Waals surface area (Å²) in [5.41, 5.74) is 11.1. The highest BCUT2D eigenvalue weighted by Gasteiger charge is 2.32. The Labute approximate surface area is 199 Å². The number of nitrogens with two attached hydrogens (primary N) is 2. The molecule has 0 saturated carbocycles. The highest BCUT2D eigenvalue weighted by molar-refractivity contribution is 7.80. The van der Waals surface area contributed by atoms with E-state index in [1.807, 2.05) is 6.92 Å². The molecule has 0 aromatic carbocycles. The predicted molar refractivity (Wildman–Crippen MR) is 124 cm³/mol. The van der Waals surface area contributed by atoms with Crippen LogP contribution in [0.5, 0.6) is 0 Å². The Balaban J connectivity index is 5.53. The van der Waals surface area contributed by atoms with Gasteiger partial charge in [-0.3, -0.25) is 19.2 Å². The lowest BCUT2D eigenvalue weighted by Gasteiger charge is -2.27. The Morgan fingerprint density at radius 1 is 0.909 bits per heavy atom. The van der Waals surface area contributed by atoms with Crippen LogP contribution in [0.1, 0.15) is 52.4 Å². The fraction of sp³-hybridized carbons (Fsp3) is 0.750. The molecule has 0 heterocycles. The van der Waals surface area contributed by atoms with Crippen molar-refractivity contribution in [2.24, 2.45) is 17.4 Å². The molecule has 9 N–H and O–H groups in total. The van der Waals surface area contributed by atoms with E-state index in [4.69, 9.17) is 16.6 Å². The average Bonchev–Trinajstić information content (AvgIpc) is 2.77. The summed E-state index contributed by atoms with van der Waals surface area (Å²) in [5.74, 6) is -4.84. The number of carbonyl (C=O) groups is 5. The summed E-state index contributed by atoms with van der Waals surface area (Å²) < 4.78 is 0. The number of carboxylic acid groups (broad SMARTS) is 2. The molecule has 33 heavy (non-hydrogen) atoms. The molecule has 0 bridgehead atoms. The Morgan fingerprint density at radius 2 is 1.52 bits per heavy atom. The molecule has 0 saturated heterocycles. The monoisotopic (exact) mass is 491 g/mol. The summed E-state index contributed by atoms with van der Waals surface area (Å²) in [6.45, 7) is 3.90. The summed E-state index contributed by atoms with van der Waals surface area (Å²) in [7, 11) is 0. The van der Waals surface area contributed by atoms with E-state index in [1.54, 1.807) is 6.92 Å². The van der Waals surface area contributed by atoms with Crippen molar-refractivity contribution in [1.29, 1.82) is 0 Å². The smallest absolute Gasteiger partial charge is 0.326 e. The maximum atomic E-state index is 12.9. The maximum absolute atomic E-state index is 12.9. The molecule has 190 valence electrons. The van der Waals surface area contributed by atoms with Gasteiger partial charge in [0, 0.05) is 12.2 Å². The number of nitrogens with one attached hydrogen (secondary N) is 3. The first-order valence-electron chi connectivity index (χ1n) is 10.9. The number of thiol groups is 1. The van der Waals surface area contributed by atoms with Gasteiger partial charge < -0.3 is 37.6 Å². The lowest BCUT2D eigenvalue weighted by molar-refractivity contribution is -0.143. The van der Waals surface area contributed by atoms with E-state index in [2.05, 4.69) is 28.6 Å². The Bertz CT molecular complexity index is 679. The van der Waals surface area contributed by atoms with Gasteiger partial charge in [0.05, 0.1) is 6.04 Å². The second-order valence-corrected chi connectivity index (χ2v) is 8.20. The van der Waals surface area contributed by atoms with Gasteiger partial charge >= 0.3 is 11.9 Å². The summed E-state index contributed by atoms with van der Waals surface area (Å²) in [6.07, 6.45) is 0.984. The van der Waals surface area contributed by atoms with E-state index in [0.29, 0.717) is 25.8 Å². The van der Waals surface area contributed by atoms with Gasteiger partial charge in [0.25, 0.3) is 0 Å². The summed E-state index contributed by atoms with van der Waals surface area (Å²) >= 11 is 3.96. The fourth-order valence-electron chi connectivity index (χ4n) is 2.87. The van der Waals surface area contributed by atoms with Gasteiger partial charge in [-0.2, -0.15) is 12.6 Å². The van der Waals surface area contributed by atoms with Crippen LogP contribution in [0.3, 0.4) is 0 Å². The van der Waals surface area contributed by atoms with Gasteiger partial charge in [-0.25, -0.2) is 4.79 Å². The van der Waals surface area contributed by atoms with Crippen molar-refractivity contribution >= 4 is 42.3 Å². The quantitative estimate of drug-likeness (QED) is 0.0906. The molecular formula is C20H37N5O7S. The zero-order valence-electron chi connectivity index (χ0n) is 19.1. The van der Waals surface area contributed by atoms with E-state index in [9.17, 15) is 29.1 Å². The number of aliphatic carboxylic acids is 2. The van der Waals surface area contributed by atoms with Gasteiger partial charge in [0.15, 0.2) is 0 Å². The third kappa shape index (κ3) is 11.9. The summed E-state index contributed by atoms with van der Waals surface area (Å²) in [6, 6.07) is -4.50. The van der Waals surface area contributed by atoms with Crippen LogP contribution in [0, 0.1) is 5.92 Å². The molecular weight excluding hydrogens is 454 g/mol. The molecule has 0 aromatic rings. The lowest BCUT2D eigenvalue weighted by atomic mass is 9.97. The number of hydrogen-bond acceptors (Lipinski definition) is 8. The molecule has 0 aliphatic rings. The second kappa shape index (κ2) is 16.3. The third-order valence-electron chi connectivity index (χ3n) is 5.17.